The number of halogens is 1. The van der Waals surface area contributed by atoms with Gasteiger partial charge >= 0.3 is 0 Å². The highest BCUT2D eigenvalue weighted by Crippen LogP contribution is 2.50. The minimum atomic E-state index is -0.362. The number of ether oxygens (including phenoxy) is 1. The average molecular weight is 456 g/mol. The molecule has 1 spiro atoms. The lowest BCUT2D eigenvalue weighted by Gasteiger charge is -2.49. The third kappa shape index (κ3) is 3.71. The zero-order chi connectivity index (χ0) is 20.6. The van der Waals surface area contributed by atoms with E-state index in [1.807, 2.05) is 12.1 Å². The molecule has 0 aliphatic carbocycles. The first-order chi connectivity index (χ1) is 13.9. The van der Waals surface area contributed by atoms with Gasteiger partial charge in [-0.25, -0.2) is 0 Å². The van der Waals surface area contributed by atoms with E-state index in [2.05, 4.69) is 34.2 Å². The molecule has 1 fully saturated rings. The second kappa shape index (κ2) is 7.58. The van der Waals surface area contributed by atoms with Crippen LogP contribution >= 0.6 is 15.9 Å². The predicted octanol–water partition coefficient (Wildman–Crippen LogP) is 4.46. The van der Waals surface area contributed by atoms with Crippen molar-refractivity contribution in [3.8, 4) is 5.75 Å². The smallest absolute Gasteiger partial charge is 0.165 e. The molecule has 2 aromatic carbocycles. The molecule has 0 bridgehead atoms. The number of nitrogen functional groups attached to an aromatic ring is 1. The Morgan fingerprint density at radius 3 is 2.79 bits per heavy atom. The largest absolute Gasteiger partial charge is 0.487 e. The van der Waals surface area contributed by atoms with Crippen LogP contribution in [0, 0.1) is 5.41 Å². The van der Waals surface area contributed by atoms with Gasteiger partial charge in [0.05, 0.1) is 5.69 Å². The number of anilines is 1. The van der Waals surface area contributed by atoms with Crippen LogP contribution in [0.3, 0.4) is 0 Å². The molecule has 2 aliphatic heterocycles. The van der Waals surface area contributed by atoms with Crippen molar-refractivity contribution in [2.45, 2.75) is 43.6 Å². The molecule has 0 amide bonds. The normalized spacial score (nSPS) is 22.6. The van der Waals surface area contributed by atoms with Crippen LogP contribution in [0.25, 0.3) is 0 Å². The zero-order valence-corrected chi connectivity index (χ0v) is 18.1. The third-order valence-electron chi connectivity index (χ3n) is 6.29. The van der Waals surface area contributed by atoms with Crippen molar-refractivity contribution in [1.82, 2.24) is 5.32 Å². The number of hydrogen-bond acceptors (Lipinski definition) is 5. The van der Waals surface area contributed by atoms with Gasteiger partial charge in [0.2, 0.25) is 0 Å². The highest BCUT2D eigenvalue weighted by molar-refractivity contribution is 9.10. The summed E-state index contributed by atoms with van der Waals surface area (Å²) in [6, 6.07) is 11.4. The number of para-hydroxylation sites is 1. The molecule has 0 radical (unpaired) electrons. The van der Waals surface area contributed by atoms with Crippen LogP contribution in [-0.4, -0.2) is 30.7 Å². The molecule has 4 N–H and O–H groups in total. The van der Waals surface area contributed by atoms with Crippen LogP contribution in [0.2, 0.25) is 0 Å². The highest BCUT2D eigenvalue weighted by atomic mass is 79.9. The van der Waals surface area contributed by atoms with E-state index in [1.165, 1.54) is 6.21 Å². The van der Waals surface area contributed by atoms with Crippen molar-refractivity contribution in [3.63, 3.8) is 0 Å². The fraction of sp³-hybridized carbons (Fsp3) is 0.391. The van der Waals surface area contributed by atoms with Gasteiger partial charge in [0.15, 0.2) is 5.78 Å². The van der Waals surface area contributed by atoms with E-state index in [4.69, 9.17) is 15.9 Å². The Bertz CT molecular complexity index is 969. The van der Waals surface area contributed by atoms with Crippen molar-refractivity contribution in [3.05, 3.63) is 57.6 Å². The zero-order valence-electron chi connectivity index (χ0n) is 16.6. The van der Waals surface area contributed by atoms with Crippen molar-refractivity contribution in [2.75, 3.05) is 18.8 Å². The van der Waals surface area contributed by atoms with Crippen LogP contribution in [0.15, 0.2) is 40.9 Å². The van der Waals surface area contributed by atoms with Gasteiger partial charge in [-0.05, 0) is 56.6 Å². The van der Waals surface area contributed by atoms with E-state index < -0.39 is 0 Å². The number of nitrogens with one attached hydrogen (secondary N) is 2. The third-order valence-corrected chi connectivity index (χ3v) is 6.79. The molecule has 2 aromatic rings. The van der Waals surface area contributed by atoms with E-state index in [-0.39, 0.29) is 16.8 Å². The predicted molar refractivity (Wildman–Crippen MR) is 119 cm³/mol. The maximum Gasteiger partial charge on any atom is 0.165 e. The summed E-state index contributed by atoms with van der Waals surface area (Å²) in [7, 11) is 0. The molecule has 1 saturated heterocycles. The Morgan fingerprint density at radius 2 is 2.07 bits per heavy atom. The number of nitrogens with two attached hydrogens (primary N) is 1. The number of rotatable bonds is 4. The SMILES string of the molecule is CC1(CC(=O)c2cccc(C=N)c2N)CC2(CCNCC2)Oc2ccc(Br)cc21. The van der Waals surface area contributed by atoms with Crippen LogP contribution in [0.5, 0.6) is 5.75 Å². The van der Waals surface area contributed by atoms with E-state index in [0.29, 0.717) is 23.2 Å². The van der Waals surface area contributed by atoms with E-state index in [0.717, 1.165) is 48.1 Å². The minimum absolute atomic E-state index is 0.00519. The molecule has 152 valence electrons. The summed E-state index contributed by atoms with van der Waals surface area (Å²) in [5.41, 5.74) is 8.09. The maximum absolute atomic E-state index is 13.4. The van der Waals surface area contributed by atoms with Crippen LogP contribution in [0.4, 0.5) is 5.69 Å². The topological polar surface area (TPSA) is 88.2 Å². The molecule has 4 rings (SSSR count). The molecule has 2 aliphatic rings. The Labute approximate surface area is 179 Å². The molecule has 6 heteroatoms. The van der Waals surface area contributed by atoms with Gasteiger partial charge in [0, 0.05) is 39.2 Å². The summed E-state index contributed by atoms with van der Waals surface area (Å²) in [5.74, 6) is 0.878. The lowest BCUT2D eigenvalue weighted by Crippen LogP contribution is -2.53. The van der Waals surface area contributed by atoms with Crippen molar-refractivity contribution >= 4 is 33.6 Å². The number of carbonyl (C=O) groups is 1. The molecular formula is C23H26BrN3O2. The second-order valence-corrected chi connectivity index (χ2v) is 9.38. The molecule has 5 nitrogen and oxygen atoms in total. The van der Waals surface area contributed by atoms with Gasteiger partial charge < -0.3 is 21.2 Å². The summed E-state index contributed by atoms with van der Waals surface area (Å²) < 4.78 is 7.51. The lowest BCUT2D eigenvalue weighted by atomic mass is 9.66. The lowest BCUT2D eigenvalue weighted by molar-refractivity contribution is -0.0108. The van der Waals surface area contributed by atoms with Crippen molar-refractivity contribution < 1.29 is 9.53 Å². The van der Waals surface area contributed by atoms with Crippen molar-refractivity contribution in [1.29, 1.82) is 5.41 Å². The van der Waals surface area contributed by atoms with Gasteiger partial charge in [0.25, 0.3) is 0 Å². The number of ketones is 1. The molecule has 1 unspecified atom stereocenters. The molecule has 29 heavy (non-hydrogen) atoms. The van der Waals surface area contributed by atoms with Gasteiger partial charge in [-0.3, -0.25) is 4.79 Å². The molecule has 1 atom stereocenters. The Hall–Kier alpha value is -2.18. The van der Waals surface area contributed by atoms with Gasteiger partial charge in [-0.2, -0.15) is 0 Å². The molecular weight excluding hydrogens is 430 g/mol. The first kappa shape index (κ1) is 20.1. The van der Waals surface area contributed by atoms with Crippen LogP contribution < -0.4 is 15.8 Å². The second-order valence-electron chi connectivity index (χ2n) is 8.47. The molecule has 0 aromatic heterocycles. The standard InChI is InChI=1S/C23H26BrN3O2/c1-22(12-19(28)17-4-2-3-15(13-25)21(17)26)14-23(7-9-27-10-8-23)29-20-6-5-16(24)11-18(20)22/h2-6,11,13,25,27H,7-10,12,14,26H2,1H3. The van der Waals surface area contributed by atoms with E-state index in [9.17, 15) is 4.79 Å². The number of Topliss-reactive ketones (excluding diaryl/α,β-unsaturated/α-hetero) is 1. The maximum atomic E-state index is 13.4. The quantitative estimate of drug-likeness (QED) is 0.360. The Morgan fingerprint density at radius 1 is 1.31 bits per heavy atom. The van der Waals surface area contributed by atoms with Gasteiger partial charge in [-0.1, -0.05) is 35.0 Å². The number of piperidine rings is 1. The molecule has 2 heterocycles. The summed E-state index contributed by atoms with van der Waals surface area (Å²) in [6.45, 7) is 4.01. The Kier molecular flexibility index (Phi) is 5.25. The fourth-order valence-corrected chi connectivity index (χ4v) is 5.22. The first-order valence-electron chi connectivity index (χ1n) is 9.98. The Balaban J connectivity index is 1.73. The van der Waals surface area contributed by atoms with Crippen molar-refractivity contribution in [2.24, 2.45) is 0 Å². The number of carbonyl (C=O) groups excluding carboxylic acids is 1. The summed E-state index contributed by atoms with van der Waals surface area (Å²) in [6.07, 6.45) is 4.19. The average Bonchev–Trinajstić information content (AvgIpc) is 2.69. The molecule has 0 saturated carbocycles. The first-order valence-corrected chi connectivity index (χ1v) is 10.8. The highest BCUT2D eigenvalue weighted by Gasteiger charge is 2.48. The summed E-state index contributed by atoms with van der Waals surface area (Å²) in [4.78, 5) is 13.4. The van der Waals surface area contributed by atoms with Crippen LogP contribution in [-0.2, 0) is 5.41 Å². The monoisotopic (exact) mass is 455 g/mol. The minimum Gasteiger partial charge on any atom is -0.487 e. The summed E-state index contributed by atoms with van der Waals surface area (Å²) >= 11 is 3.58. The van der Waals surface area contributed by atoms with Gasteiger partial charge in [0.1, 0.15) is 11.4 Å². The number of fused-ring (bicyclic) bond motifs is 1. The number of hydrogen-bond donors (Lipinski definition) is 3. The van der Waals surface area contributed by atoms with E-state index in [1.54, 1.807) is 18.2 Å². The van der Waals surface area contributed by atoms with Gasteiger partial charge in [-0.15, -0.1) is 0 Å². The fourth-order valence-electron chi connectivity index (χ4n) is 4.86. The number of benzene rings is 2. The van der Waals surface area contributed by atoms with Crippen LogP contribution in [0.1, 0.15) is 54.1 Å². The van der Waals surface area contributed by atoms with E-state index >= 15 is 0 Å². The summed E-state index contributed by atoms with van der Waals surface area (Å²) in [5, 5.41) is 10.9.